The SMILES string of the molecule is O=C(Cc1c(F)cccc1Cl)NCc1cccnc1-c1ccncc1. The van der Waals surface area contributed by atoms with Crippen molar-refractivity contribution >= 4 is 17.5 Å². The molecule has 3 rings (SSSR count). The Bertz CT molecular complexity index is 867. The molecule has 1 aromatic carbocycles. The minimum atomic E-state index is -0.485. The van der Waals surface area contributed by atoms with E-state index in [1.807, 2.05) is 18.2 Å². The lowest BCUT2D eigenvalue weighted by Gasteiger charge is -2.11. The summed E-state index contributed by atoms with van der Waals surface area (Å²) in [7, 11) is 0. The molecule has 0 saturated carbocycles. The van der Waals surface area contributed by atoms with Gasteiger partial charge in [0.2, 0.25) is 5.91 Å². The number of benzene rings is 1. The highest BCUT2D eigenvalue weighted by molar-refractivity contribution is 6.31. The summed E-state index contributed by atoms with van der Waals surface area (Å²) in [5, 5.41) is 3.04. The second kappa shape index (κ2) is 7.85. The number of hydrogen-bond donors (Lipinski definition) is 1. The summed E-state index contributed by atoms with van der Waals surface area (Å²) in [6, 6.07) is 11.8. The lowest BCUT2D eigenvalue weighted by molar-refractivity contribution is -0.120. The highest BCUT2D eigenvalue weighted by Crippen LogP contribution is 2.21. The molecule has 1 amide bonds. The maximum Gasteiger partial charge on any atom is 0.224 e. The lowest BCUT2D eigenvalue weighted by atomic mass is 10.1. The van der Waals surface area contributed by atoms with E-state index >= 15 is 0 Å². The maximum absolute atomic E-state index is 13.8. The van der Waals surface area contributed by atoms with Crippen LogP contribution < -0.4 is 5.32 Å². The number of pyridine rings is 2. The third-order valence-electron chi connectivity index (χ3n) is 3.72. The first kappa shape index (κ1) is 17.0. The summed E-state index contributed by atoms with van der Waals surface area (Å²) in [4.78, 5) is 20.5. The monoisotopic (exact) mass is 355 g/mol. The number of nitrogens with zero attached hydrogens (tertiary/aromatic N) is 2. The molecule has 1 N–H and O–H groups in total. The fraction of sp³-hybridized carbons (Fsp3) is 0.105. The van der Waals surface area contributed by atoms with Gasteiger partial charge in [-0.05, 0) is 35.9 Å². The standard InChI is InChI=1S/C19H15ClFN3O/c20-16-4-1-5-17(21)15(16)11-18(25)24-12-14-3-2-8-23-19(14)13-6-9-22-10-7-13/h1-10H,11-12H2,(H,24,25). The number of amides is 1. The van der Waals surface area contributed by atoms with Gasteiger partial charge in [-0.25, -0.2) is 4.39 Å². The molecule has 126 valence electrons. The number of carbonyl (C=O) groups is 1. The van der Waals surface area contributed by atoms with Gasteiger partial charge in [-0.2, -0.15) is 0 Å². The molecular formula is C19H15ClFN3O. The van der Waals surface area contributed by atoms with E-state index in [0.29, 0.717) is 0 Å². The van der Waals surface area contributed by atoms with Crippen LogP contribution in [0.4, 0.5) is 4.39 Å². The molecular weight excluding hydrogens is 341 g/mol. The normalized spacial score (nSPS) is 10.5. The number of hydrogen-bond acceptors (Lipinski definition) is 3. The molecule has 2 heterocycles. The number of rotatable bonds is 5. The van der Waals surface area contributed by atoms with Crippen LogP contribution in [0.1, 0.15) is 11.1 Å². The van der Waals surface area contributed by atoms with Gasteiger partial charge in [0.25, 0.3) is 0 Å². The third kappa shape index (κ3) is 4.19. The Balaban J connectivity index is 1.71. The number of nitrogens with one attached hydrogen (secondary N) is 1. The molecule has 4 nitrogen and oxygen atoms in total. The fourth-order valence-electron chi connectivity index (χ4n) is 2.47. The summed E-state index contributed by atoms with van der Waals surface area (Å²) in [5.74, 6) is -0.793. The molecule has 0 aliphatic carbocycles. The van der Waals surface area contributed by atoms with Crippen LogP contribution in [0.2, 0.25) is 5.02 Å². The van der Waals surface area contributed by atoms with Gasteiger partial charge in [0, 0.05) is 41.3 Å². The molecule has 0 atom stereocenters. The summed E-state index contributed by atoms with van der Waals surface area (Å²) in [6.07, 6.45) is 4.95. The first-order valence-electron chi connectivity index (χ1n) is 7.69. The molecule has 0 unspecified atom stereocenters. The second-order valence-electron chi connectivity index (χ2n) is 5.40. The number of carbonyl (C=O) groups excluding carboxylic acids is 1. The average molecular weight is 356 g/mol. The molecule has 0 fully saturated rings. The van der Waals surface area contributed by atoms with Gasteiger partial charge in [-0.3, -0.25) is 14.8 Å². The van der Waals surface area contributed by atoms with E-state index in [0.717, 1.165) is 16.8 Å². The zero-order valence-corrected chi connectivity index (χ0v) is 14.0. The van der Waals surface area contributed by atoms with Crippen molar-refractivity contribution in [2.75, 3.05) is 0 Å². The van der Waals surface area contributed by atoms with Crippen LogP contribution in [-0.2, 0) is 17.8 Å². The molecule has 0 spiro atoms. The van der Waals surface area contributed by atoms with Crippen molar-refractivity contribution < 1.29 is 9.18 Å². The van der Waals surface area contributed by atoms with Crippen molar-refractivity contribution in [1.29, 1.82) is 0 Å². The molecule has 0 saturated heterocycles. The second-order valence-corrected chi connectivity index (χ2v) is 5.81. The first-order chi connectivity index (χ1) is 12.1. The van der Waals surface area contributed by atoms with E-state index in [2.05, 4.69) is 15.3 Å². The van der Waals surface area contributed by atoms with Gasteiger partial charge in [-0.15, -0.1) is 0 Å². The van der Waals surface area contributed by atoms with E-state index in [9.17, 15) is 9.18 Å². The molecule has 6 heteroatoms. The van der Waals surface area contributed by atoms with E-state index in [4.69, 9.17) is 11.6 Å². The predicted molar refractivity (Wildman–Crippen MR) is 94.4 cm³/mol. The Hall–Kier alpha value is -2.79. The third-order valence-corrected chi connectivity index (χ3v) is 4.07. The first-order valence-corrected chi connectivity index (χ1v) is 8.07. The van der Waals surface area contributed by atoms with E-state index in [1.54, 1.807) is 30.7 Å². The Labute approximate surface area is 149 Å². The molecule has 0 aliphatic rings. The van der Waals surface area contributed by atoms with Crippen molar-refractivity contribution in [2.45, 2.75) is 13.0 Å². The quantitative estimate of drug-likeness (QED) is 0.757. The zero-order chi connectivity index (χ0) is 17.6. The van der Waals surface area contributed by atoms with Crippen molar-refractivity contribution in [1.82, 2.24) is 15.3 Å². The van der Waals surface area contributed by atoms with Crippen LogP contribution in [0, 0.1) is 5.82 Å². The van der Waals surface area contributed by atoms with Crippen LogP contribution in [0.5, 0.6) is 0 Å². The number of aromatic nitrogens is 2. The van der Waals surface area contributed by atoms with Gasteiger partial charge >= 0.3 is 0 Å². The zero-order valence-electron chi connectivity index (χ0n) is 13.2. The smallest absolute Gasteiger partial charge is 0.224 e. The van der Waals surface area contributed by atoms with Crippen molar-refractivity contribution in [3.63, 3.8) is 0 Å². The van der Waals surface area contributed by atoms with Gasteiger partial charge in [0.1, 0.15) is 5.82 Å². The van der Waals surface area contributed by atoms with Crippen molar-refractivity contribution in [2.24, 2.45) is 0 Å². The Morgan fingerprint density at radius 1 is 1.08 bits per heavy atom. The van der Waals surface area contributed by atoms with Crippen LogP contribution >= 0.6 is 11.6 Å². The van der Waals surface area contributed by atoms with Crippen molar-refractivity contribution in [3.05, 3.63) is 83.0 Å². The van der Waals surface area contributed by atoms with Crippen LogP contribution in [0.3, 0.4) is 0 Å². The highest BCUT2D eigenvalue weighted by atomic mass is 35.5. The summed E-state index contributed by atoms with van der Waals surface area (Å²) < 4.78 is 13.8. The Kier molecular flexibility index (Phi) is 5.36. The van der Waals surface area contributed by atoms with Crippen LogP contribution in [0.25, 0.3) is 11.3 Å². The van der Waals surface area contributed by atoms with Crippen LogP contribution in [0.15, 0.2) is 61.1 Å². The number of halogens is 2. The van der Waals surface area contributed by atoms with Gasteiger partial charge in [0.05, 0.1) is 12.1 Å². The highest BCUT2D eigenvalue weighted by Gasteiger charge is 2.13. The van der Waals surface area contributed by atoms with Crippen LogP contribution in [-0.4, -0.2) is 15.9 Å². The van der Waals surface area contributed by atoms with E-state index in [-0.39, 0.29) is 29.5 Å². The average Bonchev–Trinajstić information content (AvgIpc) is 2.64. The molecule has 25 heavy (non-hydrogen) atoms. The minimum absolute atomic E-state index is 0.115. The van der Waals surface area contributed by atoms with Gasteiger partial charge in [-0.1, -0.05) is 23.7 Å². The largest absolute Gasteiger partial charge is 0.352 e. The topological polar surface area (TPSA) is 54.9 Å². The van der Waals surface area contributed by atoms with Gasteiger partial charge in [0.15, 0.2) is 0 Å². The minimum Gasteiger partial charge on any atom is -0.352 e. The summed E-state index contributed by atoms with van der Waals surface area (Å²) >= 11 is 5.96. The van der Waals surface area contributed by atoms with E-state index < -0.39 is 5.82 Å². The summed E-state index contributed by atoms with van der Waals surface area (Å²) in [5.41, 5.74) is 2.75. The lowest BCUT2D eigenvalue weighted by Crippen LogP contribution is -2.25. The fourth-order valence-corrected chi connectivity index (χ4v) is 2.70. The molecule has 0 aliphatic heterocycles. The molecule has 3 aromatic rings. The maximum atomic E-state index is 13.8. The van der Waals surface area contributed by atoms with Crippen molar-refractivity contribution in [3.8, 4) is 11.3 Å². The van der Waals surface area contributed by atoms with Gasteiger partial charge < -0.3 is 5.32 Å². The summed E-state index contributed by atoms with van der Waals surface area (Å²) in [6.45, 7) is 0.288. The molecule has 0 radical (unpaired) electrons. The molecule has 0 bridgehead atoms. The molecule has 2 aromatic heterocycles. The predicted octanol–water partition coefficient (Wildman–Crippen LogP) is 3.80. The van der Waals surface area contributed by atoms with E-state index in [1.165, 1.54) is 12.1 Å². The Morgan fingerprint density at radius 3 is 2.64 bits per heavy atom. The Morgan fingerprint density at radius 2 is 1.88 bits per heavy atom.